The van der Waals surface area contributed by atoms with Gasteiger partial charge in [0.15, 0.2) is 0 Å². The fourth-order valence-corrected chi connectivity index (χ4v) is 4.06. The molecule has 8 heteroatoms. The summed E-state index contributed by atoms with van der Waals surface area (Å²) in [6, 6.07) is 4.59. The van der Waals surface area contributed by atoms with E-state index in [1.807, 2.05) is 4.90 Å². The predicted molar refractivity (Wildman–Crippen MR) is 111 cm³/mol. The van der Waals surface area contributed by atoms with Crippen LogP contribution in [0.1, 0.15) is 25.7 Å². The minimum Gasteiger partial charge on any atom is -0.342 e. The zero-order chi connectivity index (χ0) is 19.9. The molecule has 0 spiro atoms. The molecule has 1 N–H and O–H groups in total. The van der Waals surface area contributed by atoms with Crippen molar-refractivity contribution in [2.24, 2.45) is 0 Å². The number of rotatable bonds is 6. The van der Waals surface area contributed by atoms with Crippen LogP contribution < -0.4 is 5.32 Å². The number of anilines is 1. The second-order valence-electron chi connectivity index (χ2n) is 7.48. The van der Waals surface area contributed by atoms with E-state index in [1.54, 1.807) is 12.1 Å². The van der Waals surface area contributed by atoms with Crippen LogP contribution in [0.5, 0.6) is 0 Å². The van der Waals surface area contributed by atoms with Gasteiger partial charge in [0.05, 0.1) is 12.2 Å². The van der Waals surface area contributed by atoms with Gasteiger partial charge in [-0.3, -0.25) is 14.5 Å². The lowest BCUT2D eigenvalue weighted by Crippen LogP contribution is -2.40. The number of hydrogen-bond acceptors (Lipinski definition) is 4. The number of carbonyl (C=O) groups excluding carboxylic acids is 2. The molecule has 0 saturated carbocycles. The Hall–Kier alpha value is -1.51. The van der Waals surface area contributed by atoms with E-state index in [0.29, 0.717) is 24.0 Å². The fourth-order valence-electron chi connectivity index (χ4n) is 3.73. The maximum absolute atomic E-state index is 13.8. The highest BCUT2D eigenvalue weighted by molar-refractivity contribution is 9.10. The van der Waals surface area contributed by atoms with Crippen LogP contribution in [0, 0.1) is 5.82 Å². The molecule has 1 aromatic carbocycles. The van der Waals surface area contributed by atoms with Gasteiger partial charge < -0.3 is 15.1 Å². The Morgan fingerprint density at radius 2 is 1.71 bits per heavy atom. The van der Waals surface area contributed by atoms with Gasteiger partial charge in [0, 0.05) is 43.6 Å². The molecular weight excluding hydrogens is 427 g/mol. The Kier molecular flexibility index (Phi) is 7.82. The van der Waals surface area contributed by atoms with Crippen LogP contribution in [0.25, 0.3) is 0 Å². The summed E-state index contributed by atoms with van der Waals surface area (Å²) in [4.78, 5) is 30.9. The first-order valence-electron chi connectivity index (χ1n) is 9.98. The van der Waals surface area contributed by atoms with Crippen LogP contribution in [0.2, 0.25) is 0 Å². The predicted octanol–water partition coefficient (Wildman–Crippen LogP) is 2.55. The Balaban J connectivity index is 1.39. The van der Waals surface area contributed by atoms with Gasteiger partial charge >= 0.3 is 0 Å². The molecule has 2 heterocycles. The highest BCUT2D eigenvalue weighted by Crippen LogP contribution is 2.19. The first-order chi connectivity index (χ1) is 13.5. The number of benzene rings is 1. The summed E-state index contributed by atoms with van der Waals surface area (Å²) >= 11 is 3.20. The lowest BCUT2D eigenvalue weighted by molar-refractivity contribution is -0.131. The molecule has 2 aliphatic rings. The average Bonchev–Trinajstić information content (AvgIpc) is 3.11. The van der Waals surface area contributed by atoms with Crippen LogP contribution in [-0.2, 0) is 9.59 Å². The molecule has 0 bridgehead atoms. The number of hydrogen-bond donors (Lipinski definition) is 1. The van der Waals surface area contributed by atoms with Gasteiger partial charge in [0.25, 0.3) is 0 Å². The molecule has 0 aromatic heterocycles. The summed E-state index contributed by atoms with van der Waals surface area (Å²) in [5.41, 5.74) is 0.204. The third kappa shape index (κ3) is 6.25. The molecule has 2 aliphatic heterocycles. The first kappa shape index (κ1) is 21.2. The van der Waals surface area contributed by atoms with E-state index in [9.17, 15) is 14.0 Å². The van der Waals surface area contributed by atoms with E-state index in [0.717, 1.165) is 58.5 Å². The minimum atomic E-state index is -0.448. The van der Waals surface area contributed by atoms with Gasteiger partial charge in [-0.1, -0.05) is 15.9 Å². The lowest BCUT2D eigenvalue weighted by atomic mass is 10.3. The number of likely N-dealkylation sites (tertiary alicyclic amines) is 1. The van der Waals surface area contributed by atoms with Gasteiger partial charge in [-0.05, 0) is 50.6 Å². The van der Waals surface area contributed by atoms with E-state index < -0.39 is 5.82 Å². The Morgan fingerprint density at radius 1 is 1.00 bits per heavy atom. The first-order valence-corrected chi connectivity index (χ1v) is 10.8. The van der Waals surface area contributed by atoms with Crippen molar-refractivity contribution in [2.75, 3.05) is 57.7 Å². The molecule has 0 aliphatic carbocycles. The largest absolute Gasteiger partial charge is 0.342 e. The Bertz CT molecular complexity index is 697. The van der Waals surface area contributed by atoms with Crippen molar-refractivity contribution < 1.29 is 14.0 Å². The van der Waals surface area contributed by atoms with Crippen molar-refractivity contribution in [2.45, 2.75) is 25.7 Å². The van der Waals surface area contributed by atoms with E-state index in [2.05, 4.69) is 31.0 Å². The molecule has 154 valence electrons. The highest BCUT2D eigenvalue weighted by Gasteiger charge is 2.22. The highest BCUT2D eigenvalue weighted by atomic mass is 79.9. The minimum absolute atomic E-state index is 0.188. The number of nitrogens with one attached hydrogen (secondary N) is 1. The van der Waals surface area contributed by atoms with Gasteiger partial charge in [0.2, 0.25) is 11.8 Å². The average molecular weight is 455 g/mol. The molecule has 0 radical (unpaired) electrons. The molecule has 2 saturated heterocycles. The van der Waals surface area contributed by atoms with Crippen LogP contribution in [0.4, 0.5) is 10.1 Å². The zero-order valence-corrected chi connectivity index (χ0v) is 17.7. The van der Waals surface area contributed by atoms with Gasteiger partial charge in [-0.25, -0.2) is 4.39 Å². The zero-order valence-electron chi connectivity index (χ0n) is 16.1. The van der Waals surface area contributed by atoms with Crippen LogP contribution >= 0.6 is 15.9 Å². The summed E-state index contributed by atoms with van der Waals surface area (Å²) in [6.45, 7) is 6.42. The second kappa shape index (κ2) is 10.3. The van der Waals surface area contributed by atoms with Gasteiger partial charge in [-0.2, -0.15) is 0 Å². The van der Waals surface area contributed by atoms with Crippen molar-refractivity contribution in [3.05, 3.63) is 28.5 Å². The van der Waals surface area contributed by atoms with E-state index >= 15 is 0 Å². The molecule has 2 amide bonds. The number of amides is 2. The smallest absolute Gasteiger partial charge is 0.236 e. The summed E-state index contributed by atoms with van der Waals surface area (Å²) in [6.07, 6.45) is 3.54. The normalized spacial score (nSPS) is 18.9. The van der Waals surface area contributed by atoms with Crippen LogP contribution in [-0.4, -0.2) is 78.9 Å². The van der Waals surface area contributed by atoms with Crippen molar-refractivity contribution in [1.29, 1.82) is 0 Å². The Labute approximate surface area is 174 Å². The van der Waals surface area contributed by atoms with Crippen LogP contribution in [0.3, 0.4) is 0 Å². The molecule has 1 aromatic rings. The fraction of sp³-hybridized carbons (Fsp3) is 0.600. The monoisotopic (exact) mass is 454 g/mol. The SMILES string of the molecule is O=C(CCN1CCCN(CC(=O)N2CCCC2)CC1)Nc1ccc(Br)cc1F. The van der Waals surface area contributed by atoms with Gasteiger partial charge in [0.1, 0.15) is 5.82 Å². The molecule has 6 nitrogen and oxygen atoms in total. The molecular formula is C20H28BrFN4O2. The maximum Gasteiger partial charge on any atom is 0.236 e. The second-order valence-corrected chi connectivity index (χ2v) is 8.40. The summed E-state index contributed by atoms with van der Waals surface area (Å²) in [7, 11) is 0. The summed E-state index contributed by atoms with van der Waals surface area (Å²) in [5, 5.41) is 2.64. The molecule has 28 heavy (non-hydrogen) atoms. The standard InChI is InChI=1S/C20H28BrFN4O2/c21-16-4-5-18(17(22)14-16)23-19(27)6-11-24-7-3-8-25(13-12-24)15-20(28)26-9-1-2-10-26/h4-5,14H,1-3,6-13,15H2,(H,23,27). The third-order valence-electron chi connectivity index (χ3n) is 5.36. The third-order valence-corrected chi connectivity index (χ3v) is 5.85. The van der Waals surface area contributed by atoms with Gasteiger partial charge in [-0.15, -0.1) is 0 Å². The summed E-state index contributed by atoms with van der Waals surface area (Å²) in [5.74, 6) is -0.399. The van der Waals surface area contributed by atoms with Crippen LogP contribution in [0.15, 0.2) is 22.7 Å². The van der Waals surface area contributed by atoms with E-state index in [1.165, 1.54) is 6.07 Å². The number of carbonyl (C=O) groups is 2. The quantitative estimate of drug-likeness (QED) is 0.717. The lowest BCUT2D eigenvalue weighted by Gasteiger charge is -2.23. The molecule has 2 fully saturated rings. The number of halogens is 2. The number of nitrogens with zero attached hydrogens (tertiary/aromatic N) is 3. The molecule has 0 atom stereocenters. The molecule has 0 unspecified atom stereocenters. The Morgan fingerprint density at radius 3 is 2.46 bits per heavy atom. The van der Waals surface area contributed by atoms with E-state index in [4.69, 9.17) is 0 Å². The van der Waals surface area contributed by atoms with E-state index in [-0.39, 0.29) is 17.5 Å². The summed E-state index contributed by atoms with van der Waals surface area (Å²) < 4.78 is 14.5. The van der Waals surface area contributed by atoms with Crippen molar-refractivity contribution >= 4 is 33.4 Å². The maximum atomic E-state index is 13.8. The van der Waals surface area contributed by atoms with Crippen molar-refractivity contribution in [3.8, 4) is 0 Å². The topological polar surface area (TPSA) is 55.9 Å². The molecule has 3 rings (SSSR count). The van der Waals surface area contributed by atoms with Crippen molar-refractivity contribution in [3.63, 3.8) is 0 Å². The van der Waals surface area contributed by atoms with Crippen molar-refractivity contribution in [1.82, 2.24) is 14.7 Å².